The summed E-state index contributed by atoms with van der Waals surface area (Å²) in [5.41, 5.74) is 3.91. The number of rotatable bonds is 8. The van der Waals surface area contributed by atoms with E-state index in [9.17, 15) is 9.59 Å². The molecule has 0 aromatic heterocycles. The minimum Gasteiger partial charge on any atom is -0.328 e. The Morgan fingerprint density at radius 1 is 0.944 bits per heavy atom. The maximum absolute atomic E-state index is 13.2. The topological polar surface area (TPSA) is 76.4 Å². The molecule has 8 heteroatoms. The van der Waals surface area contributed by atoms with Gasteiger partial charge >= 0.3 is 0 Å². The average molecular weight is 521 g/mol. The normalized spacial score (nSPS) is 13.2. The molecule has 6 nitrogen and oxygen atoms in total. The van der Waals surface area contributed by atoms with Gasteiger partial charge < -0.3 is 10.2 Å². The summed E-state index contributed by atoms with van der Waals surface area (Å²) in [6.45, 7) is 2.28. The quantitative estimate of drug-likeness (QED) is 0.419. The number of carbonyl (C=O) groups is 2. The lowest BCUT2D eigenvalue weighted by molar-refractivity contribution is -0.136. The van der Waals surface area contributed by atoms with Crippen LogP contribution in [0.5, 0.6) is 0 Å². The van der Waals surface area contributed by atoms with E-state index in [2.05, 4.69) is 16.3 Å². The van der Waals surface area contributed by atoms with Crippen LogP contribution in [0.25, 0.3) is 11.1 Å². The summed E-state index contributed by atoms with van der Waals surface area (Å²) in [5.74, 6) is -0.421. The van der Waals surface area contributed by atoms with Gasteiger partial charge in [0.25, 0.3) is 0 Å². The molecule has 0 bridgehead atoms. The van der Waals surface area contributed by atoms with Crippen molar-refractivity contribution in [2.75, 3.05) is 31.5 Å². The molecule has 0 spiro atoms. The molecule has 184 valence electrons. The number of carbonyl (C=O) groups excluding carboxylic acids is 2. The highest BCUT2D eigenvalue weighted by Gasteiger charge is 2.22. The predicted molar refractivity (Wildman–Crippen MR) is 143 cm³/mol. The SMILES string of the molecule is N#Cc1cccc(-c2ccc(CN(CC(=O)Nc3cc(Cl)cc(Cl)c3)C(=O)CN3CCCC3)cc2)c1. The number of anilines is 1. The van der Waals surface area contributed by atoms with Gasteiger partial charge in [-0.3, -0.25) is 14.5 Å². The van der Waals surface area contributed by atoms with Crippen molar-refractivity contribution in [3.63, 3.8) is 0 Å². The van der Waals surface area contributed by atoms with E-state index >= 15 is 0 Å². The van der Waals surface area contributed by atoms with Crippen LogP contribution in [-0.4, -0.2) is 47.8 Å². The fourth-order valence-corrected chi connectivity index (χ4v) is 4.78. The summed E-state index contributed by atoms with van der Waals surface area (Å²) in [7, 11) is 0. The third-order valence-corrected chi connectivity index (χ3v) is 6.48. The minimum atomic E-state index is -0.326. The van der Waals surface area contributed by atoms with Crippen molar-refractivity contribution in [1.29, 1.82) is 5.26 Å². The van der Waals surface area contributed by atoms with Crippen LogP contribution in [0.4, 0.5) is 5.69 Å². The van der Waals surface area contributed by atoms with Crippen LogP contribution in [0.15, 0.2) is 66.7 Å². The zero-order valence-electron chi connectivity index (χ0n) is 19.7. The molecule has 0 radical (unpaired) electrons. The largest absolute Gasteiger partial charge is 0.328 e. The van der Waals surface area contributed by atoms with E-state index < -0.39 is 0 Å². The number of benzene rings is 3. The Kier molecular flexibility index (Phi) is 8.61. The summed E-state index contributed by atoms with van der Waals surface area (Å²) in [6, 6.07) is 22.2. The van der Waals surface area contributed by atoms with Crippen molar-refractivity contribution >= 4 is 40.7 Å². The Hall–Kier alpha value is -3.37. The monoisotopic (exact) mass is 520 g/mol. The van der Waals surface area contributed by atoms with Crippen molar-refractivity contribution in [3.05, 3.63) is 87.9 Å². The zero-order valence-corrected chi connectivity index (χ0v) is 21.2. The van der Waals surface area contributed by atoms with Crippen molar-refractivity contribution < 1.29 is 9.59 Å². The van der Waals surface area contributed by atoms with Crippen LogP contribution in [0.3, 0.4) is 0 Å². The highest BCUT2D eigenvalue weighted by atomic mass is 35.5. The molecule has 1 heterocycles. The smallest absolute Gasteiger partial charge is 0.244 e. The van der Waals surface area contributed by atoms with Crippen LogP contribution in [0, 0.1) is 11.3 Å². The maximum atomic E-state index is 13.2. The molecular formula is C28H26Cl2N4O2. The van der Waals surface area contributed by atoms with Gasteiger partial charge in [-0.2, -0.15) is 5.26 Å². The molecule has 1 fully saturated rings. The van der Waals surface area contributed by atoms with Gasteiger partial charge in [0, 0.05) is 22.3 Å². The van der Waals surface area contributed by atoms with Gasteiger partial charge in [0.15, 0.2) is 0 Å². The third-order valence-electron chi connectivity index (χ3n) is 6.04. The summed E-state index contributed by atoms with van der Waals surface area (Å²) >= 11 is 12.1. The molecule has 0 aliphatic carbocycles. The first-order valence-electron chi connectivity index (χ1n) is 11.8. The average Bonchev–Trinajstić information content (AvgIpc) is 3.36. The van der Waals surface area contributed by atoms with Crippen molar-refractivity contribution in [2.24, 2.45) is 0 Å². The Morgan fingerprint density at radius 3 is 2.31 bits per heavy atom. The van der Waals surface area contributed by atoms with Crippen molar-refractivity contribution in [2.45, 2.75) is 19.4 Å². The highest BCUT2D eigenvalue weighted by Crippen LogP contribution is 2.23. The first-order chi connectivity index (χ1) is 17.4. The molecule has 3 aromatic carbocycles. The number of nitriles is 1. The predicted octanol–water partition coefficient (Wildman–Crippen LogP) is 5.60. The molecular weight excluding hydrogens is 495 g/mol. The Morgan fingerprint density at radius 2 is 1.64 bits per heavy atom. The standard InChI is InChI=1S/C28H26Cl2N4O2/c29-24-13-25(30)15-26(14-24)32-27(35)18-34(28(36)19-33-10-1-2-11-33)17-20-6-8-22(9-7-20)23-5-3-4-21(12-23)16-31/h3-9,12-15H,1-2,10-11,17-19H2,(H,32,35). The first kappa shape index (κ1) is 25.7. The lowest BCUT2D eigenvalue weighted by atomic mass is 10.0. The molecule has 0 atom stereocenters. The number of halogens is 2. The number of amides is 2. The summed E-state index contributed by atoms with van der Waals surface area (Å²) in [6.07, 6.45) is 2.16. The van der Waals surface area contributed by atoms with E-state index in [4.69, 9.17) is 28.5 Å². The molecule has 2 amide bonds. The van der Waals surface area contributed by atoms with E-state index in [0.717, 1.165) is 42.6 Å². The van der Waals surface area contributed by atoms with E-state index in [-0.39, 0.29) is 24.9 Å². The van der Waals surface area contributed by atoms with E-state index in [0.29, 0.717) is 27.8 Å². The van der Waals surface area contributed by atoms with Crippen LogP contribution < -0.4 is 5.32 Å². The fraction of sp³-hybridized carbons (Fsp3) is 0.250. The third kappa shape index (κ3) is 7.08. The van der Waals surface area contributed by atoms with Gasteiger partial charge in [-0.25, -0.2) is 0 Å². The maximum Gasteiger partial charge on any atom is 0.244 e. The Balaban J connectivity index is 1.48. The van der Waals surface area contributed by atoms with E-state index in [1.165, 1.54) is 0 Å². The second-order valence-electron chi connectivity index (χ2n) is 8.83. The molecule has 36 heavy (non-hydrogen) atoms. The number of nitrogens with one attached hydrogen (secondary N) is 1. The van der Waals surface area contributed by atoms with Crippen molar-refractivity contribution in [1.82, 2.24) is 9.80 Å². The first-order valence-corrected chi connectivity index (χ1v) is 12.5. The van der Waals surface area contributed by atoms with Gasteiger partial charge in [0.05, 0.1) is 18.2 Å². The highest BCUT2D eigenvalue weighted by molar-refractivity contribution is 6.35. The molecule has 1 N–H and O–H groups in total. The molecule has 1 saturated heterocycles. The summed E-state index contributed by atoms with van der Waals surface area (Å²) in [4.78, 5) is 29.7. The lowest BCUT2D eigenvalue weighted by Gasteiger charge is -2.25. The Labute approximate surface area is 221 Å². The molecule has 4 rings (SSSR count). The van der Waals surface area contributed by atoms with Gasteiger partial charge in [0.2, 0.25) is 11.8 Å². The minimum absolute atomic E-state index is 0.0945. The molecule has 0 saturated carbocycles. The van der Waals surface area contributed by atoms with Crippen LogP contribution in [-0.2, 0) is 16.1 Å². The van der Waals surface area contributed by atoms with Gasteiger partial charge in [0.1, 0.15) is 6.54 Å². The number of nitrogens with zero attached hydrogens (tertiary/aromatic N) is 3. The molecule has 0 unspecified atom stereocenters. The second kappa shape index (κ2) is 12.0. The summed E-state index contributed by atoms with van der Waals surface area (Å²) in [5, 5.41) is 12.8. The molecule has 3 aromatic rings. The van der Waals surface area contributed by atoms with Gasteiger partial charge in [-0.1, -0.05) is 59.6 Å². The summed E-state index contributed by atoms with van der Waals surface area (Å²) < 4.78 is 0. The van der Waals surface area contributed by atoms with Gasteiger partial charge in [-0.15, -0.1) is 0 Å². The van der Waals surface area contributed by atoms with E-state index in [1.807, 2.05) is 42.5 Å². The molecule has 1 aliphatic heterocycles. The number of likely N-dealkylation sites (tertiary alicyclic amines) is 1. The van der Waals surface area contributed by atoms with Crippen molar-refractivity contribution in [3.8, 4) is 17.2 Å². The molecule has 1 aliphatic rings. The number of hydrogen-bond acceptors (Lipinski definition) is 4. The van der Waals surface area contributed by atoms with Crippen LogP contribution >= 0.6 is 23.2 Å². The second-order valence-corrected chi connectivity index (χ2v) is 9.70. The lowest BCUT2D eigenvalue weighted by Crippen LogP contribution is -2.42. The van der Waals surface area contributed by atoms with Gasteiger partial charge in [-0.05, 0) is 73.0 Å². The Bertz CT molecular complexity index is 1260. The fourth-order valence-electron chi connectivity index (χ4n) is 4.26. The van der Waals surface area contributed by atoms with E-state index in [1.54, 1.807) is 29.2 Å². The van der Waals surface area contributed by atoms with Crippen LogP contribution in [0.2, 0.25) is 10.0 Å². The zero-order chi connectivity index (χ0) is 25.5. The number of hydrogen-bond donors (Lipinski definition) is 1. The van der Waals surface area contributed by atoms with Crippen LogP contribution in [0.1, 0.15) is 24.0 Å².